The highest BCUT2D eigenvalue weighted by atomic mass is 15.3. The van der Waals surface area contributed by atoms with Gasteiger partial charge in [0, 0.05) is 0 Å². The summed E-state index contributed by atoms with van der Waals surface area (Å²) in [7, 11) is 0. The fraction of sp³-hybridized carbons (Fsp3) is 0. The van der Waals surface area contributed by atoms with Crippen molar-refractivity contribution in [3.63, 3.8) is 0 Å². The second-order valence-electron chi connectivity index (χ2n) is 2.99. The second kappa shape index (κ2) is 3.38. The Hall–Kier alpha value is -2.03. The van der Waals surface area contributed by atoms with Gasteiger partial charge in [0.1, 0.15) is 0 Å². The van der Waals surface area contributed by atoms with Crippen LogP contribution in [0.15, 0.2) is 49.2 Å². The van der Waals surface area contributed by atoms with Crippen LogP contribution in [0.3, 0.4) is 0 Å². The van der Waals surface area contributed by atoms with Gasteiger partial charge in [-0.05, 0) is 18.2 Å². The molecule has 0 saturated heterocycles. The van der Waals surface area contributed by atoms with Crippen LogP contribution in [-0.4, -0.2) is 9.78 Å². The zero-order chi connectivity index (χ0) is 9.97. The molecule has 0 radical (unpaired) electrons. The molecule has 1 heterocycles. The van der Waals surface area contributed by atoms with Gasteiger partial charge in [-0.15, -0.1) is 0 Å². The lowest BCUT2D eigenvalue weighted by Crippen LogP contribution is -2.04. The third-order valence-electron chi connectivity index (χ3n) is 1.97. The minimum absolute atomic E-state index is 0.520. The van der Waals surface area contributed by atoms with E-state index in [-0.39, 0.29) is 0 Å². The largest absolute Gasteiger partial charge is 0.397 e. The molecule has 0 amide bonds. The fourth-order valence-electron chi connectivity index (χ4n) is 1.32. The van der Waals surface area contributed by atoms with Crippen molar-refractivity contribution in [1.82, 2.24) is 9.78 Å². The van der Waals surface area contributed by atoms with Crippen molar-refractivity contribution < 1.29 is 0 Å². The summed E-state index contributed by atoms with van der Waals surface area (Å²) in [4.78, 5) is 0. The topological polar surface area (TPSA) is 43.8 Å². The number of hydrogen-bond acceptors (Lipinski definition) is 2. The quantitative estimate of drug-likeness (QED) is 0.775. The summed E-state index contributed by atoms with van der Waals surface area (Å²) in [6.07, 6.45) is 1.71. The number of hydrogen-bond donors (Lipinski definition) is 1. The molecule has 0 spiro atoms. The maximum Gasteiger partial charge on any atom is 0.0891 e. The lowest BCUT2D eigenvalue weighted by molar-refractivity contribution is 0.865. The first-order valence-corrected chi connectivity index (χ1v) is 4.33. The predicted octanol–water partition coefficient (Wildman–Crippen LogP) is 1.80. The summed E-state index contributed by atoms with van der Waals surface area (Å²) in [5.74, 6) is 0. The molecule has 0 saturated carbocycles. The molecular weight excluding hydrogens is 174 g/mol. The average molecular weight is 185 g/mol. The molecule has 0 unspecified atom stereocenters. The lowest BCUT2D eigenvalue weighted by atomic mass is 10.3. The van der Waals surface area contributed by atoms with Gasteiger partial charge in [-0.3, -0.25) is 0 Å². The molecule has 0 aliphatic carbocycles. The van der Waals surface area contributed by atoms with Gasteiger partial charge in [0.15, 0.2) is 0 Å². The molecule has 1 aromatic heterocycles. The van der Waals surface area contributed by atoms with Crippen LogP contribution in [0.25, 0.3) is 11.4 Å². The molecule has 0 aliphatic heterocycles. The number of rotatable bonds is 2. The predicted molar refractivity (Wildman–Crippen MR) is 56.8 cm³/mol. The molecule has 3 nitrogen and oxygen atoms in total. The van der Waals surface area contributed by atoms with Gasteiger partial charge in [-0.2, -0.15) is 5.10 Å². The lowest BCUT2D eigenvalue weighted by Gasteiger charge is -2.05. The van der Waals surface area contributed by atoms with Crippen molar-refractivity contribution in [3.8, 4) is 5.69 Å². The molecule has 2 N–H and O–H groups in total. The third-order valence-corrected chi connectivity index (χ3v) is 1.97. The van der Waals surface area contributed by atoms with Crippen LogP contribution in [0.2, 0.25) is 0 Å². The normalized spacial score (nSPS) is 10.0. The summed E-state index contributed by atoms with van der Waals surface area (Å²) in [6, 6.07) is 11.7. The Kier molecular flexibility index (Phi) is 2.07. The van der Waals surface area contributed by atoms with Crippen molar-refractivity contribution >= 4 is 5.70 Å². The van der Waals surface area contributed by atoms with Gasteiger partial charge < -0.3 is 5.73 Å². The summed E-state index contributed by atoms with van der Waals surface area (Å²) in [5.41, 5.74) is 7.98. The van der Waals surface area contributed by atoms with E-state index in [1.807, 2.05) is 36.4 Å². The van der Waals surface area contributed by atoms with E-state index in [1.54, 1.807) is 10.9 Å². The van der Waals surface area contributed by atoms with Crippen molar-refractivity contribution in [2.24, 2.45) is 5.73 Å². The monoisotopic (exact) mass is 185 g/mol. The Morgan fingerprint density at radius 3 is 2.57 bits per heavy atom. The highest BCUT2D eigenvalue weighted by Crippen LogP contribution is 2.12. The first-order valence-electron chi connectivity index (χ1n) is 4.33. The fourth-order valence-corrected chi connectivity index (χ4v) is 1.32. The van der Waals surface area contributed by atoms with Crippen molar-refractivity contribution in [2.75, 3.05) is 0 Å². The van der Waals surface area contributed by atoms with Gasteiger partial charge in [0.25, 0.3) is 0 Å². The minimum Gasteiger partial charge on any atom is -0.397 e. The van der Waals surface area contributed by atoms with Crippen molar-refractivity contribution in [3.05, 3.63) is 54.9 Å². The van der Waals surface area contributed by atoms with E-state index in [1.165, 1.54) is 0 Å². The number of nitrogens with zero attached hydrogens (tertiary/aromatic N) is 2. The van der Waals surface area contributed by atoms with Crippen LogP contribution in [0.5, 0.6) is 0 Å². The molecule has 0 atom stereocenters. The van der Waals surface area contributed by atoms with Crippen molar-refractivity contribution in [1.29, 1.82) is 0 Å². The molecule has 0 fully saturated rings. The zero-order valence-electron chi connectivity index (χ0n) is 7.72. The highest BCUT2D eigenvalue weighted by Gasteiger charge is 2.04. The van der Waals surface area contributed by atoms with Crippen LogP contribution in [0.4, 0.5) is 0 Å². The van der Waals surface area contributed by atoms with Gasteiger partial charge in [0.2, 0.25) is 0 Å². The Morgan fingerprint density at radius 2 is 1.93 bits per heavy atom. The molecule has 0 bridgehead atoms. The van der Waals surface area contributed by atoms with E-state index in [0.717, 1.165) is 11.4 Å². The SMILES string of the molecule is C=C(N)c1ccnn1-c1ccccc1. The van der Waals surface area contributed by atoms with Gasteiger partial charge in [-0.1, -0.05) is 24.8 Å². The van der Waals surface area contributed by atoms with E-state index in [2.05, 4.69) is 11.7 Å². The molecular formula is C11H11N3. The number of benzene rings is 1. The number of nitrogens with two attached hydrogens (primary N) is 1. The van der Waals surface area contributed by atoms with Gasteiger partial charge >= 0.3 is 0 Å². The van der Waals surface area contributed by atoms with Crippen LogP contribution in [0.1, 0.15) is 5.69 Å². The minimum atomic E-state index is 0.520. The zero-order valence-corrected chi connectivity index (χ0v) is 7.72. The van der Waals surface area contributed by atoms with E-state index < -0.39 is 0 Å². The Balaban J connectivity index is 2.52. The van der Waals surface area contributed by atoms with E-state index >= 15 is 0 Å². The summed E-state index contributed by atoms with van der Waals surface area (Å²) in [6.45, 7) is 3.70. The first-order chi connectivity index (χ1) is 6.79. The van der Waals surface area contributed by atoms with Crippen LogP contribution in [0, 0.1) is 0 Å². The standard InChI is InChI=1S/C11H11N3/c1-9(12)11-7-8-13-14(11)10-5-3-2-4-6-10/h2-8H,1,12H2. The maximum absolute atomic E-state index is 5.64. The van der Waals surface area contributed by atoms with E-state index in [4.69, 9.17) is 5.73 Å². The molecule has 0 aliphatic rings. The Morgan fingerprint density at radius 1 is 1.21 bits per heavy atom. The third kappa shape index (κ3) is 1.40. The smallest absolute Gasteiger partial charge is 0.0891 e. The second-order valence-corrected chi connectivity index (χ2v) is 2.99. The van der Waals surface area contributed by atoms with Gasteiger partial charge in [-0.25, -0.2) is 4.68 Å². The summed E-state index contributed by atoms with van der Waals surface area (Å²) < 4.78 is 1.77. The molecule has 3 heteroatoms. The van der Waals surface area contributed by atoms with E-state index in [0.29, 0.717) is 5.70 Å². The van der Waals surface area contributed by atoms with Crippen LogP contribution >= 0.6 is 0 Å². The summed E-state index contributed by atoms with van der Waals surface area (Å²) >= 11 is 0. The molecule has 14 heavy (non-hydrogen) atoms. The maximum atomic E-state index is 5.64. The Labute approximate surface area is 82.5 Å². The van der Waals surface area contributed by atoms with Gasteiger partial charge in [0.05, 0.1) is 23.3 Å². The van der Waals surface area contributed by atoms with Crippen LogP contribution in [-0.2, 0) is 0 Å². The molecule has 1 aromatic carbocycles. The number of aromatic nitrogens is 2. The first kappa shape index (κ1) is 8.56. The Bertz CT molecular complexity index is 443. The summed E-state index contributed by atoms with van der Waals surface area (Å²) in [5, 5.41) is 4.18. The highest BCUT2D eigenvalue weighted by molar-refractivity contribution is 5.58. The van der Waals surface area contributed by atoms with E-state index in [9.17, 15) is 0 Å². The molecule has 2 rings (SSSR count). The van der Waals surface area contributed by atoms with Crippen LogP contribution < -0.4 is 5.73 Å². The molecule has 2 aromatic rings. The number of para-hydroxylation sites is 1. The average Bonchev–Trinajstić information content (AvgIpc) is 2.67. The van der Waals surface area contributed by atoms with Crippen molar-refractivity contribution in [2.45, 2.75) is 0 Å². The molecule has 70 valence electrons.